The molecule has 0 aromatic carbocycles. The van der Waals surface area contributed by atoms with Gasteiger partial charge in [-0.15, -0.1) is 11.3 Å². The summed E-state index contributed by atoms with van der Waals surface area (Å²) in [5, 5.41) is 0.0863. The van der Waals surface area contributed by atoms with Gasteiger partial charge >= 0.3 is 17.9 Å². The predicted molar refractivity (Wildman–Crippen MR) is 81.3 cm³/mol. The highest BCUT2D eigenvalue weighted by Crippen LogP contribution is 2.33. The average Bonchev–Trinajstić information content (AvgIpc) is 3.19. The van der Waals surface area contributed by atoms with Crippen molar-refractivity contribution in [2.24, 2.45) is 0 Å². The van der Waals surface area contributed by atoms with Gasteiger partial charge in [-0.05, 0) is 12.1 Å². The quantitative estimate of drug-likeness (QED) is 0.627. The van der Waals surface area contributed by atoms with E-state index >= 15 is 0 Å². The van der Waals surface area contributed by atoms with Gasteiger partial charge in [0, 0.05) is 11.8 Å². The Morgan fingerprint density at radius 1 is 1.17 bits per heavy atom. The molecule has 0 saturated carbocycles. The van der Waals surface area contributed by atoms with Crippen molar-refractivity contribution in [2.45, 2.75) is 6.61 Å². The van der Waals surface area contributed by atoms with Gasteiger partial charge in [-0.25, -0.2) is 14.4 Å². The van der Waals surface area contributed by atoms with Crippen molar-refractivity contribution >= 4 is 34.2 Å². The molecule has 2 rings (SSSR count). The molecule has 0 unspecified atom stereocenters. The van der Waals surface area contributed by atoms with Crippen LogP contribution in [0.15, 0.2) is 18.3 Å². The number of H-pyrrole nitrogens is 1. The van der Waals surface area contributed by atoms with Crippen LogP contribution in [0.4, 0.5) is 5.00 Å². The second-order valence-electron chi connectivity index (χ2n) is 4.29. The van der Waals surface area contributed by atoms with E-state index in [1.165, 1.54) is 20.3 Å². The summed E-state index contributed by atoms with van der Waals surface area (Å²) in [5.41, 5.74) is 6.17. The monoisotopic (exact) mass is 338 g/mol. The molecule has 0 bridgehead atoms. The highest BCUT2D eigenvalue weighted by molar-refractivity contribution is 7.18. The number of hydrogen-bond acceptors (Lipinski definition) is 8. The predicted octanol–water partition coefficient (Wildman–Crippen LogP) is 1.59. The van der Waals surface area contributed by atoms with E-state index in [2.05, 4.69) is 14.5 Å². The van der Waals surface area contributed by atoms with Gasteiger partial charge in [0.25, 0.3) is 0 Å². The number of anilines is 1. The number of ether oxygens (including phenoxy) is 3. The molecule has 23 heavy (non-hydrogen) atoms. The molecule has 0 amide bonds. The molecular weight excluding hydrogens is 324 g/mol. The molecule has 0 aliphatic carbocycles. The third-order valence-corrected chi connectivity index (χ3v) is 4.00. The smallest absolute Gasteiger partial charge is 0.355 e. The Labute approximate surface area is 135 Å². The molecule has 2 heterocycles. The maximum absolute atomic E-state index is 11.9. The highest BCUT2D eigenvalue weighted by Gasteiger charge is 2.28. The molecule has 0 aliphatic rings. The number of esters is 3. The molecule has 2 aromatic heterocycles. The van der Waals surface area contributed by atoms with Gasteiger partial charge < -0.3 is 24.9 Å². The van der Waals surface area contributed by atoms with Crippen molar-refractivity contribution < 1.29 is 28.6 Å². The molecule has 0 radical (unpaired) electrons. The Hall–Kier alpha value is -2.81. The van der Waals surface area contributed by atoms with Gasteiger partial charge in [-0.3, -0.25) is 0 Å². The first-order valence-corrected chi connectivity index (χ1v) is 7.19. The maximum atomic E-state index is 11.9. The van der Waals surface area contributed by atoms with E-state index in [4.69, 9.17) is 10.5 Å². The van der Waals surface area contributed by atoms with Crippen molar-refractivity contribution in [3.05, 3.63) is 40.0 Å². The van der Waals surface area contributed by atoms with Gasteiger partial charge in [0.15, 0.2) is 0 Å². The van der Waals surface area contributed by atoms with E-state index in [0.29, 0.717) is 0 Å². The number of nitrogen functional groups attached to an aromatic ring is 1. The van der Waals surface area contributed by atoms with Gasteiger partial charge in [-0.2, -0.15) is 0 Å². The van der Waals surface area contributed by atoms with Crippen molar-refractivity contribution in [2.75, 3.05) is 20.0 Å². The number of nitrogens with one attached hydrogen (secondary N) is 1. The average molecular weight is 338 g/mol. The fourth-order valence-electron chi connectivity index (χ4n) is 1.88. The maximum Gasteiger partial charge on any atom is 0.355 e. The summed E-state index contributed by atoms with van der Waals surface area (Å²) in [6, 6.07) is 3.17. The normalized spacial score (nSPS) is 10.2. The minimum Gasteiger partial charge on any atom is -0.465 e. The lowest BCUT2D eigenvalue weighted by Gasteiger charge is -2.07. The van der Waals surface area contributed by atoms with Crippen LogP contribution in [-0.2, 0) is 20.8 Å². The van der Waals surface area contributed by atoms with E-state index in [9.17, 15) is 14.4 Å². The molecule has 122 valence electrons. The first kappa shape index (κ1) is 16.6. The standard InChI is InChI=1S/C14H14N2O6S/c1-20-13(18)9-7(10(14(19)21-2)23-11(9)15)6-22-12(17)8-4-3-5-16-8/h3-5,16H,6,15H2,1-2H3. The summed E-state index contributed by atoms with van der Waals surface area (Å²) in [6.45, 7) is -0.319. The number of nitrogens with two attached hydrogens (primary N) is 1. The summed E-state index contributed by atoms with van der Waals surface area (Å²) >= 11 is 0.870. The number of carbonyl (C=O) groups is 3. The minimum atomic E-state index is -0.722. The van der Waals surface area contributed by atoms with Crippen LogP contribution in [0.5, 0.6) is 0 Å². The van der Waals surface area contributed by atoms with Crippen molar-refractivity contribution in [1.29, 1.82) is 0 Å². The van der Waals surface area contributed by atoms with E-state index in [1.54, 1.807) is 12.3 Å². The Morgan fingerprint density at radius 2 is 1.87 bits per heavy atom. The molecule has 9 heteroatoms. The van der Waals surface area contributed by atoms with Crippen LogP contribution in [0.1, 0.15) is 36.1 Å². The van der Waals surface area contributed by atoms with E-state index in [1.807, 2.05) is 0 Å². The summed E-state index contributed by atoms with van der Waals surface area (Å²) < 4.78 is 14.4. The molecule has 8 nitrogen and oxygen atoms in total. The first-order chi connectivity index (χ1) is 11.0. The lowest BCUT2D eigenvalue weighted by atomic mass is 10.1. The Bertz CT molecular complexity index is 735. The fourth-order valence-corrected chi connectivity index (χ4v) is 2.86. The molecule has 2 aromatic rings. The fraction of sp³-hybridized carbons (Fsp3) is 0.214. The third-order valence-electron chi connectivity index (χ3n) is 2.96. The van der Waals surface area contributed by atoms with E-state index in [0.717, 1.165) is 11.3 Å². The number of carbonyl (C=O) groups excluding carboxylic acids is 3. The largest absolute Gasteiger partial charge is 0.465 e. The van der Waals surface area contributed by atoms with E-state index < -0.39 is 17.9 Å². The van der Waals surface area contributed by atoms with Gasteiger partial charge in [0.2, 0.25) is 0 Å². The van der Waals surface area contributed by atoms with Crippen LogP contribution in [0.2, 0.25) is 0 Å². The number of aromatic amines is 1. The molecule has 0 saturated heterocycles. The molecule has 0 fully saturated rings. The van der Waals surface area contributed by atoms with Crippen LogP contribution < -0.4 is 5.73 Å². The number of hydrogen-bond donors (Lipinski definition) is 2. The Morgan fingerprint density at radius 3 is 2.43 bits per heavy atom. The number of thiophene rings is 1. The molecule has 0 spiro atoms. The zero-order valence-corrected chi connectivity index (χ0v) is 13.2. The Kier molecular flexibility index (Phi) is 5.02. The minimum absolute atomic E-state index is 0.00261. The summed E-state index contributed by atoms with van der Waals surface area (Å²) in [6.07, 6.45) is 1.57. The van der Waals surface area contributed by atoms with Crippen LogP contribution in [0, 0.1) is 0 Å². The summed E-state index contributed by atoms with van der Waals surface area (Å²) in [4.78, 5) is 38.3. The second-order valence-corrected chi connectivity index (χ2v) is 5.34. The lowest BCUT2D eigenvalue weighted by Crippen LogP contribution is -2.12. The Balaban J connectivity index is 2.32. The lowest BCUT2D eigenvalue weighted by molar-refractivity contribution is 0.0447. The SMILES string of the molecule is COC(=O)c1sc(N)c(C(=O)OC)c1COC(=O)c1ccc[nH]1. The molecule has 0 atom stereocenters. The molecular formula is C14H14N2O6S. The van der Waals surface area contributed by atoms with Gasteiger partial charge in [0.05, 0.1) is 14.2 Å². The van der Waals surface area contributed by atoms with Crippen LogP contribution in [0.3, 0.4) is 0 Å². The van der Waals surface area contributed by atoms with Crippen LogP contribution in [-0.4, -0.2) is 37.1 Å². The van der Waals surface area contributed by atoms with Crippen molar-refractivity contribution in [1.82, 2.24) is 4.98 Å². The summed E-state index contributed by atoms with van der Waals surface area (Å²) in [5.74, 6) is -2.03. The number of rotatable bonds is 5. The number of methoxy groups -OCH3 is 2. The first-order valence-electron chi connectivity index (χ1n) is 6.37. The summed E-state index contributed by atoms with van der Waals surface area (Å²) in [7, 11) is 2.39. The molecule has 3 N–H and O–H groups in total. The zero-order valence-electron chi connectivity index (χ0n) is 12.4. The third kappa shape index (κ3) is 3.34. The van der Waals surface area contributed by atoms with Crippen LogP contribution in [0.25, 0.3) is 0 Å². The van der Waals surface area contributed by atoms with Crippen molar-refractivity contribution in [3.8, 4) is 0 Å². The number of aromatic nitrogens is 1. The molecule has 0 aliphatic heterocycles. The zero-order chi connectivity index (χ0) is 17.0. The van der Waals surface area contributed by atoms with Crippen molar-refractivity contribution in [3.63, 3.8) is 0 Å². The van der Waals surface area contributed by atoms with Crippen LogP contribution >= 0.6 is 11.3 Å². The highest BCUT2D eigenvalue weighted by atomic mass is 32.1. The second kappa shape index (κ2) is 6.97. The topological polar surface area (TPSA) is 121 Å². The van der Waals surface area contributed by atoms with Gasteiger partial charge in [-0.1, -0.05) is 0 Å². The van der Waals surface area contributed by atoms with Gasteiger partial charge in [0.1, 0.15) is 27.7 Å². The van der Waals surface area contributed by atoms with E-state index in [-0.39, 0.29) is 33.3 Å².